The first-order chi connectivity index (χ1) is 10.6. The molecule has 0 radical (unpaired) electrons. The smallest absolute Gasteiger partial charge is 0.316 e. The van der Waals surface area contributed by atoms with Crippen LogP contribution in [0.1, 0.15) is 19.8 Å². The van der Waals surface area contributed by atoms with E-state index in [0.717, 1.165) is 10.6 Å². The third-order valence-corrected chi connectivity index (χ3v) is 4.48. The SMILES string of the molecule is COc1ccc(SCC(=O)OCC(=O)N[C@H](C)C2CC2)cc1. The number of nitrogens with one attached hydrogen (secondary N) is 1. The predicted molar refractivity (Wildman–Crippen MR) is 85.0 cm³/mol. The molecule has 1 fully saturated rings. The Labute approximate surface area is 134 Å². The van der Waals surface area contributed by atoms with Crippen molar-refractivity contribution in [2.45, 2.75) is 30.7 Å². The van der Waals surface area contributed by atoms with Crippen molar-refractivity contribution >= 4 is 23.6 Å². The number of carbonyl (C=O) groups is 2. The quantitative estimate of drug-likeness (QED) is 0.587. The molecule has 1 aromatic carbocycles. The average molecular weight is 323 g/mol. The Morgan fingerprint density at radius 1 is 1.32 bits per heavy atom. The van der Waals surface area contributed by atoms with Crippen LogP contribution in [0.3, 0.4) is 0 Å². The summed E-state index contributed by atoms with van der Waals surface area (Å²) in [6, 6.07) is 7.59. The number of amides is 1. The lowest BCUT2D eigenvalue weighted by molar-refractivity contribution is -0.146. The van der Waals surface area contributed by atoms with E-state index in [0.29, 0.717) is 5.92 Å². The summed E-state index contributed by atoms with van der Waals surface area (Å²) in [5.41, 5.74) is 0. The van der Waals surface area contributed by atoms with Crippen molar-refractivity contribution in [3.63, 3.8) is 0 Å². The number of esters is 1. The highest BCUT2D eigenvalue weighted by Crippen LogP contribution is 2.32. The van der Waals surface area contributed by atoms with Crippen LogP contribution in [0.25, 0.3) is 0 Å². The van der Waals surface area contributed by atoms with Crippen LogP contribution in [-0.4, -0.2) is 37.4 Å². The molecule has 6 heteroatoms. The number of methoxy groups -OCH3 is 1. The van der Waals surface area contributed by atoms with Crippen LogP contribution in [0.15, 0.2) is 29.2 Å². The molecule has 0 spiro atoms. The third kappa shape index (κ3) is 5.60. The van der Waals surface area contributed by atoms with Crippen molar-refractivity contribution in [3.8, 4) is 5.75 Å². The van der Waals surface area contributed by atoms with Crippen molar-refractivity contribution in [2.75, 3.05) is 19.5 Å². The Kier molecular flexibility index (Phi) is 6.12. The van der Waals surface area contributed by atoms with Gasteiger partial charge >= 0.3 is 5.97 Å². The molecule has 0 unspecified atom stereocenters. The molecule has 1 amide bonds. The molecule has 0 bridgehead atoms. The molecule has 0 heterocycles. The fourth-order valence-corrected chi connectivity index (χ4v) is 2.71. The highest BCUT2D eigenvalue weighted by molar-refractivity contribution is 8.00. The summed E-state index contributed by atoms with van der Waals surface area (Å²) in [4.78, 5) is 24.2. The molecular formula is C16H21NO4S. The first-order valence-corrected chi connectivity index (χ1v) is 8.29. The second-order valence-electron chi connectivity index (χ2n) is 5.32. The highest BCUT2D eigenvalue weighted by Gasteiger charge is 2.28. The summed E-state index contributed by atoms with van der Waals surface area (Å²) in [6.45, 7) is 1.77. The van der Waals surface area contributed by atoms with Crippen LogP contribution < -0.4 is 10.1 Å². The van der Waals surface area contributed by atoms with Gasteiger partial charge in [0, 0.05) is 10.9 Å². The van der Waals surface area contributed by atoms with Crippen molar-refractivity contribution in [3.05, 3.63) is 24.3 Å². The zero-order chi connectivity index (χ0) is 15.9. The van der Waals surface area contributed by atoms with Gasteiger partial charge in [0.2, 0.25) is 0 Å². The lowest BCUT2D eigenvalue weighted by atomic mass is 10.2. The average Bonchev–Trinajstić information content (AvgIpc) is 3.36. The maximum atomic E-state index is 11.6. The van der Waals surface area contributed by atoms with Gasteiger partial charge in [0.15, 0.2) is 6.61 Å². The van der Waals surface area contributed by atoms with Gasteiger partial charge in [-0.15, -0.1) is 11.8 Å². The number of carbonyl (C=O) groups excluding carboxylic acids is 2. The highest BCUT2D eigenvalue weighted by atomic mass is 32.2. The Morgan fingerprint density at radius 2 is 2.00 bits per heavy atom. The summed E-state index contributed by atoms with van der Waals surface area (Å²) in [5, 5.41) is 2.85. The van der Waals surface area contributed by atoms with E-state index in [1.807, 2.05) is 31.2 Å². The largest absolute Gasteiger partial charge is 0.497 e. The molecule has 22 heavy (non-hydrogen) atoms. The number of rotatable bonds is 8. The maximum Gasteiger partial charge on any atom is 0.316 e. The molecule has 2 rings (SSSR count). The van der Waals surface area contributed by atoms with E-state index in [2.05, 4.69) is 5.32 Å². The molecule has 1 atom stereocenters. The van der Waals surface area contributed by atoms with Crippen molar-refractivity contribution < 1.29 is 19.1 Å². The van der Waals surface area contributed by atoms with Crippen LogP contribution in [0.5, 0.6) is 5.75 Å². The third-order valence-electron chi connectivity index (χ3n) is 3.50. The van der Waals surface area contributed by atoms with Gasteiger partial charge in [-0.05, 0) is 49.9 Å². The molecule has 1 saturated carbocycles. The summed E-state index contributed by atoms with van der Waals surface area (Å²) >= 11 is 1.37. The van der Waals surface area contributed by atoms with Crippen molar-refractivity contribution in [2.24, 2.45) is 5.92 Å². The van der Waals surface area contributed by atoms with E-state index < -0.39 is 5.97 Å². The molecule has 5 nitrogen and oxygen atoms in total. The van der Waals surface area contributed by atoms with E-state index in [1.165, 1.54) is 24.6 Å². The Morgan fingerprint density at radius 3 is 2.59 bits per heavy atom. The van der Waals surface area contributed by atoms with E-state index in [4.69, 9.17) is 9.47 Å². The molecule has 0 saturated heterocycles. The molecule has 120 valence electrons. The van der Waals surface area contributed by atoms with Gasteiger partial charge in [-0.25, -0.2) is 0 Å². The van der Waals surface area contributed by atoms with Crippen LogP contribution in [0, 0.1) is 5.92 Å². The Balaban J connectivity index is 1.63. The fraction of sp³-hybridized carbons (Fsp3) is 0.500. The number of thioether (sulfide) groups is 1. The monoisotopic (exact) mass is 323 g/mol. The van der Waals surface area contributed by atoms with Crippen LogP contribution >= 0.6 is 11.8 Å². The Bertz CT molecular complexity index is 513. The lowest BCUT2D eigenvalue weighted by Gasteiger charge is -2.12. The summed E-state index contributed by atoms with van der Waals surface area (Å²) < 4.78 is 10.0. The van der Waals surface area contributed by atoms with Crippen molar-refractivity contribution in [1.29, 1.82) is 0 Å². The number of ether oxygens (including phenoxy) is 2. The maximum absolute atomic E-state index is 11.6. The molecule has 1 N–H and O–H groups in total. The molecular weight excluding hydrogens is 302 g/mol. The standard InChI is InChI=1S/C16H21NO4S/c1-11(12-3-4-12)17-15(18)9-21-16(19)10-22-14-7-5-13(20-2)6-8-14/h5-8,11-12H,3-4,9-10H2,1-2H3,(H,17,18)/t11-/m1/s1. The van der Waals surface area contributed by atoms with Crippen molar-refractivity contribution in [1.82, 2.24) is 5.32 Å². The van der Waals surface area contributed by atoms with Gasteiger partial charge < -0.3 is 14.8 Å². The van der Waals surface area contributed by atoms with Gasteiger partial charge in [-0.2, -0.15) is 0 Å². The summed E-state index contributed by atoms with van der Waals surface area (Å²) in [5.74, 6) is 0.911. The molecule has 0 aromatic heterocycles. The van der Waals surface area contributed by atoms with E-state index in [-0.39, 0.29) is 24.3 Å². The summed E-state index contributed by atoms with van der Waals surface area (Å²) in [7, 11) is 1.61. The minimum absolute atomic E-state index is 0.167. The molecule has 1 aliphatic rings. The second kappa shape index (κ2) is 8.08. The first-order valence-electron chi connectivity index (χ1n) is 7.30. The Hall–Kier alpha value is -1.69. The second-order valence-corrected chi connectivity index (χ2v) is 6.37. The molecule has 1 aromatic rings. The van der Waals surface area contributed by atoms with Gasteiger partial charge in [0.25, 0.3) is 5.91 Å². The van der Waals surface area contributed by atoms with Crippen LogP contribution in [0.2, 0.25) is 0 Å². The molecule has 0 aliphatic heterocycles. The zero-order valence-electron chi connectivity index (χ0n) is 12.8. The van der Waals surface area contributed by atoms with Gasteiger partial charge in [-0.3, -0.25) is 9.59 Å². The normalized spacial score (nSPS) is 15.0. The fourth-order valence-electron chi connectivity index (χ4n) is 2.01. The topological polar surface area (TPSA) is 64.6 Å². The van der Waals surface area contributed by atoms with Gasteiger partial charge in [-0.1, -0.05) is 0 Å². The van der Waals surface area contributed by atoms with E-state index >= 15 is 0 Å². The lowest BCUT2D eigenvalue weighted by Crippen LogP contribution is -2.37. The number of hydrogen-bond acceptors (Lipinski definition) is 5. The van der Waals surface area contributed by atoms with E-state index in [9.17, 15) is 9.59 Å². The first kappa shape index (κ1) is 16.7. The minimum atomic E-state index is -0.393. The minimum Gasteiger partial charge on any atom is -0.497 e. The van der Waals surface area contributed by atoms with E-state index in [1.54, 1.807) is 7.11 Å². The number of benzene rings is 1. The van der Waals surface area contributed by atoms with Gasteiger partial charge in [0.05, 0.1) is 12.9 Å². The van der Waals surface area contributed by atoms with Crippen LogP contribution in [-0.2, 0) is 14.3 Å². The zero-order valence-corrected chi connectivity index (χ0v) is 13.7. The number of hydrogen-bond donors (Lipinski definition) is 1. The van der Waals surface area contributed by atoms with Gasteiger partial charge in [0.1, 0.15) is 5.75 Å². The van der Waals surface area contributed by atoms with Crippen LogP contribution in [0.4, 0.5) is 0 Å². The molecule has 1 aliphatic carbocycles. The summed E-state index contributed by atoms with van der Waals surface area (Å²) in [6.07, 6.45) is 2.33. The predicted octanol–water partition coefficient (Wildman–Crippen LogP) is 2.25.